The lowest BCUT2D eigenvalue weighted by Crippen LogP contribution is -2.41. The summed E-state index contributed by atoms with van der Waals surface area (Å²) in [4.78, 5) is 15.9. The minimum absolute atomic E-state index is 0.104. The van der Waals surface area contributed by atoms with Crippen LogP contribution in [0.2, 0.25) is 0 Å². The summed E-state index contributed by atoms with van der Waals surface area (Å²) in [5, 5.41) is 0.704. The van der Waals surface area contributed by atoms with E-state index in [1.807, 2.05) is 4.90 Å². The zero-order valence-corrected chi connectivity index (χ0v) is 12.1. The molecular formula is C14H20N2O2S. The highest BCUT2D eigenvalue weighted by Crippen LogP contribution is 2.42. The maximum Gasteiger partial charge on any atom is 0.257 e. The molecule has 1 amide bonds. The predicted molar refractivity (Wildman–Crippen MR) is 76.8 cm³/mol. The number of morpholine rings is 1. The summed E-state index contributed by atoms with van der Waals surface area (Å²) in [5.74, 6) is 0.560. The van der Waals surface area contributed by atoms with Crippen molar-refractivity contribution >= 4 is 22.2 Å². The molecule has 1 aromatic heterocycles. The lowest BCUT2D eigenvalue weighted by atomic mass is 9.86. The van der Waals surface area contributed by atoms with Crippen LogP contribution in [-0.2, 0) is 11.2 Å². The van der Waals surface area contributed by atoms with Crippen molar-refractivity contribution in [1.29, 1.82) is 0 Å². The smallest absolute Gasteiger partial charge is 0.257 e. The van der Waals surface area contributed by atoms with Crippen LogP contribution in [0, 0.1) is 0 Å². The number of ether oxygens (including phenoxy) is 1. The van der Waals surface area contributed by atoms with E-state index in [4.69, 9.17) is 10.5 Å². The van der Waals surface area contributed by atoms with Crippen LogP contribution in [0.5, 0.6) is 0 Å². The topological polar surface area (TPSA) is 55.6 Å². The number of anilines is 1. The van der Waals surface area contributed by atoms with Gasteiger partial charge in [-0.05, 0) is 30.7 Å². The van der Waals surface area contributed by atoms with Crippen molar-refractivity contribution < 1.29 is 9.53 Å². The fourth-order valence-electron chi connectivity index (χ4n) is 3.08. The summed E-state index contributed by atoms with van der Waals surface area (Å²) in [6.45, 7) is 4.83. The number of carbonyl (C=O) groups is 1. The quantitative estimate of drug-likeness (QED) is 0.858. The Morgan fingerprint density at radius 2 is 2.16 bits per heavy atom. The normalized spacial score (nSPS) is 23.2. The van der Waals surface area contributed by atoms with Crippen LogP contribution < -0.4 is 5.73 Å². The SMILES string of the molecule is CC1CCCc2sc(N)c(C(=O)N3CCOCC3)c21. The first kappa shape index (κ1) is 12.9. The molecule has 1 atom stereocenters. The average molecular weight is 280 g/mol. The van der Waals surface area contributed by atoms with Crippen LogP contribution in [0.4, 0.5) is 5.00 Å². The van der Waals surface area contributed by atoms with E-state index in [1.165, 1.54) is 16.9 Å². The summed E-state index contributed by atoms with van der Waals surface area (Å²) >= 11 is 1.61. The Labute approximate surface area is 117 Å². The minimum Gasteiger partial charge on any atom is -0.390 e. The van der Waals surface area contributed by atoms with E-state index in [9.17, 15) is 4.79 Å². The summed E-state index contributed by atoms with van der Waals surface area (Å²) in [7, 11) is 0. The van der Waals surface area contributed by atoms with E-state index in [1.54, 1.807) is 11.3 Å². The van der Waals surface area contributed by atoms with Crippen molar-refractivity contribution in [3.8, 4) is 0 Å². The van der Waals surface area contributed by atoms with E-state index >= 15 is 0 Å². The number of hydrogen-bond donors (Lipinski definition) is 1. The Morgan fingerprint density at radius 3 is 2.89 bits per heavy atom. The van der Waals surface area contributed by atoms with Gasteiger partial charge in [0.1, 0.15) is 0 Å². The molecule has 0 aromatic carbocycles. The van der Waals surface area contributed by atoms with Gasteiger partial charge in [0.25, 0.3) is 5.91 Å². The standard InChI is InChI=1S/C14H20N2O2S/c1-9-3-2-4-10-11(9)12(13(15)19-10)14(17)16-5-7-18-8-6-16/h9H,2-8,15H2,1H3. The molecule has 1 aliphatic carbocycles. The number of aryl methyl sites for hydroxylation is 1. The van der Waals surface area contributed by atoms with Gasteiger partial charge >= 0.3 is 0 Å². The van der Waals surface area contributed by atoms with Gasteiger partial charge in [-0.3, -0.25) is 4.79 Å². The van der Waals surface area contributed by atoms with Crippen LogP contribution in [0.15, 0.2) is 0 Å². The molecule has 2 N–H and O–H groups in total. The summed E-state index contributed by atoms with van der Waals surface area (Å²) in [6.07, 6.45) is 3.44. The number of nitrogens with zero attached hydrogens (tertiary/aromatic N) is 1. The van der Waals surface area contributed by atoms with Crippen molar-refractivity contribution in [2.24, 2.45) is 0 Å². The Morgan fingerprint density at radius 1 is 1.42 bits per heavy atom. The van der Waals surface area contributed by atoms with Gasteiger partial charge in [-0.2, -0.15) is 0 Å². The highest BCUT2D eigenvalue weighted by molar-refractivity contribution is 7.16. The molecule has 2 aliphatic rings. The first-order valence-corrected chi connectivity index (χ1v) is 7.78. The zero-order valence-electron chi connectivity index (χ0n) is 11.3. The molecule has 0 spiro atoms. The van der Waals surface area contributed by atoms with Gasteiger partial charge in [-0.1, -0.05) is 6.92 Å². The maximum absolute atomic E-state index is 12.7. The van der Waals surface area contributed by atoms with Crippen LogP contribution in [0.3, 0.4) is 0 Å². The highest BCUT2D eigenvalue weighted by Gasteiger charge is 2.31. The molecule has 104 valence electrons. The van der Waals surface area contributed by atoms with E-state index in [0.717, 1.165) is 18.4 Å². The van der Waals surface area contributed by atoms with Crippen LogP contribution >= 0.6 is 11.3 Å². The summed E-state index contributed by atoms with van der Waals surface area (Å²) < 4.78 is 5.31. The fraction of sp³-hybridized carbons (Fsp3) is 0.643. The summed E-state index contributed by atoms with van der Waals surface area (Å²) in [5.41, 5.74) is 8.14. The molecule has 19 heavy (non-hydrogen) atoms. The van der Waals surface area contributed by atoms with E-state index in [-0.39, 0.29) is 5.91 Å². The lowest BCUT2D eigenvalue weighted by Gasteiger charge is -2.28. The Bertz CT molecular complexity index is 492. The van der Waals surface area contributed by atoms with Crippen LogP contribution in [-0.4, -0.2) is 37.1 Å². The molecule has 4 nitrogen and oxygen atoms in total. The number of carbonyl (C=O) groups excluding carboxylic acids is 1. The summed E-state index contributed by atoms with van der Waals surface area (Å²) in [6, 6.07) is 0. The number of thiophene rings is 1. The van der Waals surface area contributed by atoms with E-state index < -0.39 is 0 Å². The molecule has 1 unspecified atom stereocenters. The molecular weight excluding hydrogens is 260 g/mol. The molecule has 0 saturated carbocycles. The number of nitrogens with two attached hydrogens (primary N) is 1. The van der Waals surface area contributed by atoms with Crippen molar-refractivity contribution in [2.45, 2.75) is 32.1 Å². The maximum atomic E-state index is 12.7. The largest absolute Gasteiger partial charge is 0.390 e. The van der Waals surface area contributed by atoms with Gasteiger partial charge in [-0.25, -0.2) is 0 Å². The number of amides is 1. The third kappa shape index (κ3) is 2.25. The molecule has 1 fully saturated rings. The Hall–Kier alpha value is -1.07. The second-order valence-electron chi connectivity index (χ2n) is 5.38. The first-order valence-electron chi connectivity index (χ1n) is 6.96. The number of hydrogen-bond acceptors (Lipinski definition) is 4. The molecule has 0 radical (unpaired) electrons. The van der Waals surface area contributed by atoms with Crippen molar-refractivity contribution in [3.05, 3.63) is 16.0 Å². The second-order valence-corrected chi connectivity index (χ2v) is 6.51. The number of rotatable bonds is 1. The van der Waals surface area contributed by atoms with Crippen molar-refractivity contribution in [3.63, 3.8) is 0 Å². The molecule has 5 heteroatoms. The van der Waals surface area contributed by atoms with Gasteiger partial charge in [0, 0.05) is 18.0 Å². The number of nitrogen functional groups attached to an aromatic ring is 1. The lowest BCUT2D eigenvalue weighted by molar-refractivity contribution is 0.0302. The third-order valence-electron chi connectivity index (χ3n) is 4.10. The molecule has 1 aliphatic heterocycles. The van der Waals surface area contributed by atoms with Gasteiger partial charge in [-0.15, -0.1) is 11.3 Å². The van der Waals surface area contributed by atoms with Gasteiger partial charge in [0.2, 0.25) is 0 Å². The van der Waals surface area contributed by atoms with Gasteiger partial charge < -0.3 is 15.4 Å². The monoisotopic (exact) mass is 280 g/mol. The van der Waals surface area contributed by atoms with E-state index in [2.05, 4.69) is 6.92 Å². The zero-order chi connectivity index (χ0) is 13.4. The molecule has 0 bridgehead atoms. The Kier molecular flexibility index (Phi) is 3.50. The van der Waals surface area contributed by atoms with Gasteiger partial charge in [0.15, 0.2) is 0 Å². The fourth-order valence-corrected chi connectivity index (χ4v) is 4.30. The molecule has 1 saturated heterocycles. The van der Waals surface area contributed by atoms with Crippen LogP contribution in [0.25, 0.3) is 0 Å². The number of fused-ring (bicyclic) bond motifs is 1. The Balaban J connectivity index is 1.95. The average Bonchev–Trinajstić information content (AvgIpc) is 2.76. The minimum atomic E-state index is 0.104. The van der Waals surface area contributed by atoms with Crippen molar-refractivity contribution in [1.82, 2.24) is 4.90 Å². The van der Waals surface area contributed by atoms with Crippen molar-refractivity contribution in [2.75, 3.05) is 32.0 Å². The predicted octanol–water partition coefficient (Wildman–Crippen LogP) is 2.24. The van der Waals surface area contributed by atoms with Crippen LogP contribution in [0.1, 0.15) is 46.5 Å². The molecule has 1 aromatic rings. The molecule has 3 rings (SSSR count). The van der Waals surface area contributed by atoms with E-state index in [0.29, 0.717) is 37.2 Å². The second kappa shape index (κ2) is 5.13. The third-order valence-corrected chi connectivity index (χ3v) is 5.19. The highest BCUT2D eigenvalue weighted by atomic mass is 32.1. The van der Waals surface area contributed by atoms with Gasteiger partial charge in [0.05, 0.1) is 23.8 Å². The molecule has 2 heterocycles. The first-order chi connectivity index (χ1) is 9.18.